The highest BCUT2D eigenvalue weighted by molar-refractivity contribution is 9.10. The maximum absolute atomic E-state index is 13.6. The molecule has 0 bridgehead atoms. The molecule has 0 radical (unpaired) electrons. The van der Waals surface area contributed by atoms with Gasteiger partial charge in [0.25, 0.3) is 0 Å². The molecule has 6 heteroatoms. The largest absolute Gasteiger partial charge is 0.332 e. The lowest BCUT2D eigenvalue weighted by molar-refractivity contribution is 0.598. The summed E-state index contributed by atoms with van der Waals surface area (Å²) in [6.07, 6.45) is 2.53. The van der Waals surface area contributed by atoms with E-state index in [1.807, 2.05) is 0 Å². The Morgan fingerprint density at radius 1 is 1.28 bits per heavy atom. The molecule has 1 atom stereocenters. The Bertz CT molecular complexity index is 517. The standard InChI is InChI=1S/C12H11BrF2N2S/c13-7-3-9(15)10(4-8(7)14)17-12-16-5-11(18-12)6-1-2-6/h3-4,6,11H,1-2,5H2,(H,16,17). The van der Waals surface area contributed by atoms with Gasteiger partial charge in [0.15, 0.2) is 5.17 Å². The van der Waals surface area contributed by atoms with Crippen LogP contribution in [0.5, 0.6) is 0 Å². The summed E-state index contributed by atoms with van der Waals surface area (Å²) in [7, 11) is 0. The Balaban J connectivity index is 1.71. The molecule has 1 aliphatic carbocycles. The fourth-order valence-electron chi connectivity index (χ4n) is 1.91. The van der Waals surface area contributed by atoms with E-state index in [2.05, 4.69) is 26.2 Å². The SMILES string of the molecule is Fc1cc(NC2=NCC(C3CC3)S2)c(F)cc1Br. The molecule has 0 aromatic heterocycles. The van der Waals surface area contributed by atoms with Gasteiger partial charge in [0, 0.05) is 11.3 Å². The van der Waals surface area contributed by atoms with Crippen LogP contribution in [0.2, 0.25) is 0 Å². The maximum atomic E-state index is 13.6. The van der Waals surface area contributed by atoms with Gasteiger partial charge in [-0.05, 0) is 40.8 Å². The number of hydrogen-bond acceptors (Lipinski definition) is 3. The van der Waals surface area contributed by atoms with Gasteiger partial charge in [-0.3, -0.25) is 4.99 Å². The predicted octanol–water partition coefficient (Wildman–Crippen LogP) is 4.02. The van der Waals surface area contributed by atoms with E-state index in [4.69, 9.17) is 0 Å². The van der Waals surface area contributed by atoms with Crippen molar-refractivity contribution >= 4 is 38.5 Å². The van der Waals surface area contributed by atoms with Crippen molar-refractivity contribution in [3.63, 3.8) is 0 Å². The third-order valence-corrected chi connectivity index (χ3v) is 4.98. The lowest BCUT2D eigenvalue weighted by Crippen LogP contribution is -2.10. The van der Waals surface area contributed by atoms with Crippen molar-refractivity contribution in [1.29, 1.82) is 0 Å². The van der Waals surface area contributed by atoms with Crippen molar-refractivity contribution < 1.29 is 8.78 Å². The van der Waals surface area contributed by atoms with E-state index in [9.17, 15) is 8.78 Å². The number of halogens is 3. The highest BCUT2D eigenvalue weighted by atomic mass is 79.9. The average Bonchev–Trinajstić information content (AvgIpc) is 3.07. The molecule has 1 aromatic carbocycles. The minimum Gasteiger partial charge on any atom is -0.332 e. The first-order valence-electron chi connectivity index (χ1n) is 5.76. The second kappa shape index (κ2) is 4.81. The lowest BCUT2D eigenvalue weighted by atomic mass is 10.3. The van der Waals surface area contributed by atoms with Gasteiger partial charge in [0.05, 0.1) is 16.7 Å². The number of hydrogen-bond donors (Lipinski definition) is 1. The zero-order valence-electron chi connectivity index (χ0n) is 9.42. The third kappa shape index (κ3) is 2.54. The predicted molar refractivity (Wildman–Crippen MR) is 74.1 cm³/mol. The molecule has 1 unspecified atom stereocenters. The van der Waals surface area contributed by atoms with Gasteiger partial charge in [-0.15, -0.1) is 0 Å². The number of nitrogens with zero attached hydrogens (tertiary/aromatic N) is 1. The molecular weight excluding hydrogens is 322 g/mol. The summed E-state index contributed by atoms with van der Waals surface area (Å²) >= 11 is 4.58. The zero-order valence-corrected chi connectivity index (χ0v) is 11.8. The van der Waals surface area contributed by atoms with Gasteiger partial charge in [-0.1, -0.05) is 11.8 Å². The summed E-state index contributed by atoms with van der Waals surface area (Å²) in [6, 6.07) is 2.27. The van der Waals surface area contributed by atoms with Crippen molar-refractivity contribution in [2.24, 2.45) is 10.9 Å². The van der Waals surface area contributed by atoms with Crippen LogP contribution >= 0.6 is 27.7 Å². The summed E-state index contributed by atoms with van der Waals surface area (Å²) in [4.78, 5) is 4.33. The smallest absolute Gasteiger partial charge is 0.161 e. The van der Waals surface area contributed by atoms with Crippen LogP contribution in [0.15, 0.2) is 21.6 Å². The van der Waals surface area contributed by atoms with E-state index in [0.717, 1.165) is 24.6 Å². The van der Waals surface area contributed by atoms with E-state index in [1.54, 1.807) is 11.8 Å². The Morgan fingerprint density at radius 3 is 2.78 bits per heavy atom. The number of anilines is 1. The highest BCUT2D eigenvalue weighted by Crippen LogP contribution is 2.42. The zero-order chi connectivity index (χ0) is 12.7. The summed E-state index contributed by atoms with van der Waals surface area (Å²) < 4.78 is 27.1. The van der Waals surface area contributed by atoms with Crippen LogP contribution in [-0.4, -0.2) is 17.0 Å². The van der Waals surface area contributed by atoms with Crippen LogP contribution in [0.3, 0.4) is 0 Å². The van der Waals surface area contributed by atoms with Gasteiger partial charge in [-0.2, -0.15) is 0 Å². The van der Waals surface area contributed by atoms with Crippen LogP contribution in [0.25, 0.3) is 0 Å². The van der Waals surface area contributed by atoms with Crippen LogP contribution in [0.1, 0.15) is 12.8 Å². The second-order valence-corrected chi connectivity index (χ2v) is 6.59. The number of nitrogens with one attached hydrogen (secondary N) is 1. The second-order valence-electron chi connectivity index (χ2n) is 4.51. The molecule has 1 saturated carbocycles. The van der Waals surface area contributed by atoms with Gasteiger partial charge < -0.3 is 5.32 Å². The summed E-state index contributed by atoms with van der Waals surface area (Å²) in [5.74, 6) is -0.216. The normalized spacial score (nSPS) is 23.1. The van der Waals surface area contributed by atoms with Crippen LogP contribution in [-0.2, 0) is 0 Å². The molecule has 1 aromatic rings. The van der Waals surface area contributed by atoms with Gasteiger partial charge in [0.1, 0.15) is 11.6 Å². The number of thioether (sulfide) groups is 1. The quantitative estimate of drug-likeness (QED) is 0.827. The molecule has 1 N–H and O–H groups in total. The molecule has 0 amide bonds. The summed E-state index contributed by atoms with van der Waals surface area (Å²) in [5.41, 5.74) is 0.137. The van der Waals surface area contributed by atoms with Crippen LogP contribution in [0, 0.1) is 17.6 Å². The van der Waals surface area contributed by atoms with E-state index in [0.29, 0.717) is 10.4 Å². The fraction of sp³-hybridized carbons (Fsp3) is 0.417. The Hall–Kier alpha value is -0.620. The van der Waals surface area contributed by atoms with E-state index in [-0.39, 0.29) is 10.2 Å². The van der Waals surface area contributed by atoms with Crippen molar-refractivity contribution in [3.8, 4) is 0 Å². The Labute approximate surface area is 116 Å². The van der Waals surface area contributed by atoms with Crippen molar-refractivity contribution in [3.05, 3.63) is 28.2 Å². The number of amidine groups is 1. The molecule has 2 nitrogen and oxygen atoms in total. The molecule has 2 aliphatic rings. The first-order valence-corrected chi connectivity index (χ1v) is 7.43. The fourth-order valence-corrected chi connectivity index (χ4v) is 3.44. The highest BCUT2D eigenvalue weighted by Gasteiger charge is 2.35. The topological polar surface area (TPSA) is 24.4 Å². The molecular formula is C12H11BrF2N2S. The monoisotopic (exact) mass is 332 g/mol. The number of aliphatic imine (C=N–C) groups is 1. The van der Waals surface area contributed by atoms with Gasteiger partial charge in [0.2, 0.25) is 0 Å². The summed E-state index contributed by atoms with van der Waals surface area (Å²) in [5, 5.41) is 4.06. The minimum absolute atomic E-state index is 0.127. The maximum Gasteiger partial charge on any atom is 0.161 e. The summed E-state index contributed by atoms with van der Waals surface area (Å²) in [6.45, 7) is 0.776. The molecule has 1 heterocycles. The van der Waals surface area contributed by atoms with E-state index >= 15 is 0 Å². The van der Waals surface area contributed by atoms with Crippen molar-refractivity contribution in [2.75, 3.05) is 11.9 Å². The molecule has 1 aliphatic heterocycles. The lowest BCUT2D eigenvalue weighted by Gasteiger charge is -2.09. The van der Waals surface area contributed by atoms with Crippen molar-refractivity contribution in [2.45, 2.75) is 18.1 Å². The first kappa shape index (κ1) is 12.4. The van der Waals surface area contributed by atoms with E-state index < -0.39 is 11.6 Å². The van der Waals surface area contributed by atoms with Crippen LogP contribution < -0.4 is 5.32 Å². The molecule has 3 rings (SSSR count). The Morgan fingerprint density at radius 2 is 2.06 bits per heavy atom. The molecule has 0 spiro atoms. The van der Waals surface area contributed by atoms with Gasteiger partial charge >= 0.3 is 0 Å². The van der Waals surface area contributed by atoms with E-state index in [1.165, 1.54) is 12.8 Å². The van der Waals surface area contributed by atoms with Crippen LogP contribution in [0.4, 0.5) is 14.5 Å². The van der Waals surface area contributed by atoms with Crippen molar-refractivity contribution in [1.82, 2.24) is 0 Å². The molecule has 96 valence electrons. The molecule has 1 fully saturated rings. The van der Waals surface area contributed by atoms with Gasteiger partial charge in [-0.25, -0.2) is 8.78 Å². The third-order valence-electron chi connectivity index (χ3n) is 3.08. The molecule has 18 heavy (non-hydrogen) atoms. The minimum atomic E-state index is -0.485. The number of rotatable bonds is 2. The molecule has 0 saturated heterocycles. The number of benzene rings is 1. The first-order chi connectivity index (χ1) is 8.63. The average molecular weight is 333 g/mol. The Kier molecular flexibility index (Phi) is 3.32.